The third kappa shape index (κ3) is 4.02. The molecular formula is C10H12ClN3O3S. The van der Waals surface area contributed by atoms with Crippen LogP contribution < -0.4 is 15.8 Å². The lowest BCUT2D eigenvalue weighted by Gasteiger charge is -2.10. The van der Waals surface area contributed by atoms with Gasteiger partial charge in [0.25, 0.3) is 0 Å². The fourth-order valence-corrected chi connectivity index (χ4v) is 2.12. The third-order valence-corrected chi connectivity index (χ3v) is 3.09. The molecule has 98 valence electrons. The molecule has 0 spiro atoms. The number of carbonyl (C=O) groups excluding carboxylic acids is 1. The van der Waals surface area contributed by atoms with Crippen LogP contribution in [0.25, 0.3) is 0 Å². The lowest BCUT2D eigenvalue weighted by atomic mass is 10.3. The van der Waals surface area contributed by atoms with E-state index in [4.69, 9.17) is 16.7 Å². The summed E-state index contributed by atoms with van der Waals surface area (Å²) in [5, 5.41) is 10.0. The van der Waals surface area contributed by atoms with Crippen molar-refractivity contribution in [3.8, 4) is 0 Å². The van der Waals surface area contributed by atoms with Crippen LogP contribution in [0.3, 0.4) is 0 Å². The van der Waals surface area contributed by atoms with Crippen LogP contribution in [0.4, 0.5) is 10.5 Å². The van der Waals surface area contributed by atoms with E-state index in [-0.39, 0.29) is 22.2 Å². The van der Waals surface area contributed by atoms with Gasteiger partial charge in [-0.1, -0.05) is 17.7 Å². The molecule has 0 aliphatic carbocycles. The molecule has 1 aromatic carbocycles. The molecule has 18 heavy (non-hydrogen) atoms. The maximum atomic E-state index is 11.4. The number of urea groups is 1. The molecule has 1 aromatic rings. The quantitative estimate of drug-likeness (QED) is 0.728. The maximum absolute atomic E-state index is 11.4. The van der Waals surface area contributed by atoms with E-state index in [1.807, 2.05) is 0 Å². The van der Waals surface area contributed by atoms with Gasteiger partial charge in [0.1, 0.15) is 4.90 Å². The van der Waals surface area contributed by atoms with Crippen LogP contribution in [0, 0.1) is 0 Å². The predicted molar refractivity (Wildman–Crippen MR) is 70.0 cm³/mol. The van der Waals surface area contributed by atoms with E-state index in [0.29, 0.717) is 0 Å². The van der Waals surface area contributed by atoms with Crippen LogP contribution in [-0.2, 0) is 10.0 Å². The maximum Gasteiger partial charge on any atom is 0.319 e. The van der Waals surface area contributed by atoms with Crippen molar-refractivity contribution in [2.45, 2.75) is 4.90 Å². The zero-order chi connectivity index (χ0) is 13.8. The van der Waals surface area contributed by atoms with E-state index < -0.39 is 16.1 Å². The zero-order valence-electron chi connectivity index (χ0n) is 9.31. The van der Waals surface area contributed by atoms with Gasteiger partial charge in [-0.2, -0.15) is 0 Å². The van der Waals surface area contributed by atoms with E-state index in [1.54, 1.807) is 0 Å². The first-order valence-electron chi connectivity index (χ1n) is 4.82. The number of nitrogens with two attached hydrogens (primary N) is 1. The Kier molecular flexibility index (Phi) is 4.71. The summed E-state index contributed by atoms with van der Waals surface area (Å²) < 4.78 is 22.7. The van der Waals surface area contributed by atoms with Crippen LogP contribution in [0.5, 0.6) is 0 Å². The summed E-state index contributed by atoms with van der Waals surface area (Å²) in [4.78, 5) is 11.2. The topological polar surface area (TPSA) is 101 Å². The molecule has 8 heteroatoms. The van der Waals surface area contributed by atoms with Crippen LogP contribution in [-0.4, -0.2) is 21.0 Å². The number of sulfonamides is 1. The first-order valence-corrected chi connectivity index (χ1v) is 6.75. The van der Waals surface area contributed by atoms with E-state index in [9.17, 15) is 13.2 Å². The molecule has 0 atom stereocenters. The van der Waals surface area contributed by atoms with Crippen LogP contribution in [0.1, 0.15) is 0 Å². The largest absolute Gasteiger partial charge is 0.334 e. The summed E-state index contributed by atoms with van der Waals surface area (Å²) in [7, 11) is -3.97. The number of nitrogens with one attached hydrogen (secondary N) is 2. The lowest BCUT2D eigenvalue weighted by Crippen LogP contribution is -2.29. The molecule has 2 amide bonds. The minimum absolute atomic E-state index is 0.0588. The minimum atomic E-state index is -3.97. The van der Waals surface area contributed by atoms with Gasteiger partial charge in [-0.15, -0.1) is 6.58 Å². The van der Waals surface area contributed by atoms with Gasteiger partial charge in [-0.05, 0) is 18.2 Å². The summed E-state index contributed by atoms with van der Waals surface area (Å²) >= 11 is 5.68. The Hall–Kier alpha value is -1.57. The normalized spacial score (nSPS) is 10.8. The molecule has 0 aliphatic heterocycles. The van der Waals surface area contributed by atoms with Crippen molar-refractivity contribution < 1.29 is 13.2 Å². The Labute approximate surface area is 110 Å². The molecule has 1 rings (SSSR count). The van der Waals surface area contributed by atoms with Gasteiger partial charge in [0.2, 0.25) is 10.0 Å². The van der Waals surface area contributed by atoms with Gasteiger partial charge in [-0.25, -0.2) is 18.4 Å². The second-order valence-corrected chi connectivity index (χ2v) is 5.28. The van der Waals surface area contributed by atoms with Crippen molar-refractivity contribution in [3.05, 3.63) is 35.9 Å². The Morgan fingerprint density at radius 3 is 2.72 bits per heavy atom. The van der Waals surface area contributed by atoms with Gasteiger partial charge in [-0.3, -0.25) is 0 Å². The van der Waals surface area contributed by atoms with Gasteiger partial charge < -0.3 is 10.6 Å². The number of carbonyl (C=O) groups is 1. The lowest BCUT2D eigenvalue weighted by molar-refractivity contribution is 0.253. The Morgan fingerprint density at radius 2 is 2.17 bits per heavy atom. The van der Waals surface area contributed by atoms with Crippen molar-refractivity contribution >= 4 is 33.3 Å². The van der Waals surface area contributed by atoms with Crippen molar-refractivity contribution in [2.75, 3.05) is 11.9 Å². The van der Waals surface area contributed by atoms with Crippen molar-refractivity contribution in [1.29, 1.82) is 0 Å². The predicted octanol–water partition coefficient (Wildman–Crippen LogP) is 1.29. The summed E-state index contributed by atoms with van der Waals surface area (Å²) in [6, 6.07) is 3.40. The van der Waals surface area contributed by atoms with Gasteiger partial charge in [0.05, 0.1) is 5.69 Å². The molecule has 6 nitrogen and oxygen atoms in total. The van der Waals surface area contributed by atoms with E-state index in [2.05, 4.69) is 17.2 Å². The summed E-state index contributed by atoms with van der Waals surface area (Å²) in [5.41, 5.74) is 0.0588. The van der Waals surface area contributed by atoms with E-state index in [1.165, 1.54) is 24.3 Å². The van der Waals surface area contributed by atoms with Crippen LogP contribution >= 0.6 is 11.6 Å². The fraction of sp³-hybridized carbons (Fsp3) is 0.100. The monoisotopic (exact) mass is 289 g/mol. The Balaban J connectivity index is 3.02. The molecular weight excluding hydrogens is 278 g/mol. The smallest absolute Gasteiger partial charge is 0.319 e. The van der Waals surface area contributed by atoms with Gasteiger partial charge in [0.15, 0.2) is 0 Å². The number of primary sulfonamides is 1. The Morgan fingerprint density at radius 1 is 1.50 bits per heavy atom. The molecule has 4 N–H and O–H groups in total. The molecule has 0 unspecified atom stereocenters. The van der Waals surface area contributed by atoms with Crippen molar-refractivity contribution in [2.24, 2.45) is 5.14 Å². The number of rotatable bonds is 4. The number of hydrogen-bond donors (Lipinski definition) is 3. The molecule has 0 radical (unpaired) electrons. The van der Waals surface area contributed by atoms with Crippen molar-refractivity contribution in [3.63, 3.8) is 0 Å². The van der Waals surface area contributed by atoms with Crippen LogP contribution in [0.15, 0.2) is 35.7 Å². The van der Waals surface area contributed by atoms with E-state index >= 15 is 0 Å². The van der Waals surface area contributed by atoms with Gasteiger partial charge >= 0.3 is 6.03 Å². The molecule has 0 fully saturated rings. The molecule has 0 bridgehead atoms. The Bertz CT molecular complexity index is 572. The van der Waals surface area contributed by atoms with Gasteiger partial charge in [0, 0.05) is 11.6 Å². The molecule has 0 aliphatic rings. The highest BCUT2D eigenvalue weighted by molar-refractivity contribution is 7.89. The van der Waals surface area contributed by atoms with E-state index in [0.717, 1.165) is 0 Å². The second-order valence-electron chi connectivity index (χ2n) is 3.31. The minimum Gasteiger partial charge on any atom is -0.334 e. The number of anilines is 1. The van der Waals surface area contributed by atoms with Crippen molar-refractivity contribution in [1.82, 2.24) is 5.32 Å². The third-order valence-electron chi connectivity index (χ3n) is 1.91. The highest BCUT2D eigenvalue weighted by Gasteiger charge is 2.16. The fourth-order valence-electron chi connectivity index (χ4n) is 1.17. The number of halogens is 1. The zero-order valence-corrected chi connectivity index (χ0v) is 10.9. The number of hydrogen-bond acceptors (Lipinski definition) is 3. The highest BCUT2D eigenvalue weighted by Crippen LogP contribution is 2.23. The summed E-state index contributed by atoms with van der Waals surface area (Å²) in [6.07, 6.45) is 1.49. The molecule has 0 heterocycles. The standard InChI is InChI=1S/C10H12ClN3O3S/c1-2-5-13-10(15)14-8-4-3-7(11)6-9(8)18(12,16)17/h2-4,6H,1,5H2,(H2,12,16,17)(H2,13,14,15). The average Bonchev–Trinajstić information content (AvgIpc) is 2.27. The highest BCUT2D eigenvalue weighted by atomic mass is 35.5. The van der Waals surface area contributed by atoms with Crippen LogP contribution in [0.2, 0.25) is 5.02 Å². The number of benzene rings is 1. The molecule has 0 saturated heterocycles. The first kappa shape index (κ1) is 14.5. The second kappa shape index (κ2) is 5.85. The average molecular weight is 290 g/mol. The summed E-state index contributed by atoms with van der Waals surface area (Å²) in [5.74, 6) is 0. The number of amides is 2. The first-order chi connectivity index (χ1) is 8.34. The SMILES string of the molecule is C=CCNC(=O)Nc1ccc(Cl)cc1S(N)(=O)=O. The molecule has 0 aromatic heterocycles. The summed E-state index contributed by atoms with van der Waals surface area (Å²) in [6.45, 7) is 3.69. The molecule has 0 saturated carbocycles.